The number of rotatable bonds is 10. The van der Waals surface area contributed by atoms with Crippen molar-refractivity contribution in [2.24, 2.45) is 0 Å². The topological polar surface area (TPSA) is 185 Å². The number of carbonyl (C=O) groups excluding carboxylic acids is 2. The van der Waals surface area contributed by atoms with Gasteiger partial charge in [0.1, 0.15) is 24.7 Å². The summed E-state index contributed by atoms with van der Waals surface area (Å²) in [6.45, 7) is 12.9. The van der Waals surface area contributed by atoms with Gasteiger partial charge in [-0.05, 0) is 81.7 Å². The molecule has 0 heterocycles. The first-order valence-corrected chi connectivity index (χ1v) is 24.1. The maximum absolute atomic E-state index is 13.1. The molecule has 2 aliphatic carbocycles. The molecule has 0 saturated heterocycles. The van der Waals surface area contributed by atoms with Crippen LogP contribution in [-0.4, -0.2) is 21.8 Å². The molecule has 0 unspecified atom stereocenters. The van der Waals surface area contributed by atoms with Crippen LogP contribution in [0.5, 0.6) is 11.5 Å². The fourth-order valence-electron chi connectivity index (χ4n) is 5.12. The first kappa shape index (κ1) is 45.9. The summed E-state index contributed by atoms with van der Waals surface area (Å²) in [5.41, 5.74) is 5.46. The van der Waals surface area contributed by atoms with Crippen molar-refractivity contribution >= 4 is 22.9 Å². The second-order valence-electron chi connectivity index (χ2n) is 14.5. The maximum atomic E-state index is 13.1. The van der Waals surface area contributed by atoms with Crippen molar-refractivity contribution in [3.63, 3.8) is 0 Å². The predicted molar refractivity (Wildman–Crippen MR) is 200 cm³/mol. The molecule has 5 rings (SSSR count). The Morgan fingerprint density at radius 2 is 0.929 bits per heavy atom. The van der Waals surface area contributed by atoms with E-state index < -0.39 is 55.6 Å². The summed E-state index contributed by atoms with van der Waals surface area (Å²) >= 11 is -5.01. The third kappa shape index (κ3) is 13.9. The average Bonchev–Trinajstić information content (AvgIpc) is 3.14. The van der Waals surface area contributed by atoms with Crippen LogP contribution >= 0.6 is 0 Å². The number of allylic oxidation sites excluding steroid dienone is 8. The predicted octanol–water partition coefficient (Wildman–Crippen LogP) is 8.29. The zero-order valence-corrected chi connectivity index (χ0v) is 40.3. The van der Waals surface area contributed by atoms with Crippen molar-refractivity contribution in [1.82, 2.24) is 0 Å². The fraction of sp³-hybridized carbons (Fsp3) is 0.238. The summed E-state index contributed by atoms with van der Waals surface area (Å²) in [4.78, 5) is 26.2. The van der Waals surface area contributed by atoms with Gasteiger partial charge in [-0.15, -0.1) is 0 Å². The number of anilines is 2. The summed E-state index contributed by atoms with van der Waals surface area (Å²) in [6, 6.07) is 18.3. The number of ketones is 2. The minimum atomic E-state index is -2.51. The number of hydrogen-bond acceptors (Lipinski definition) is 12. The summed E-state index contributed by atoms with van der Waals surface area (Å²) < 4.78 is 46.1. The molecule has 2 aliphatic rings. The van der Waals surface area contributed by atoms with Crippen molar-refractivity contribution in [3.8, 4) is 11.5 Å². The Morgan fingerprint density at radius 3 is 1.25 bits per heavy atom. The van der Waals surface area contributed by atoms with E-state index in [4.69, 9.17) is 18.4 Å². The fourth-order valence-corrected chi connectivity index (χ4v) is 5.12. The molecule has 0 spiro atoms. The van der Waals surface area contributed by atoms with Crippen molar-refractivity contribution in [2.45, 2.75) is 65.6 Å². The van der Waals surface area contributed by atoms with Gasteiger partial charge in [-0.25, -0.2) is 0 Å². The Balaban J connectivity index is 0.00000132. The van der Waals surface area contributed by atoms with E-state index >= 15 is 0 Å². The second-order valence-corrected chi connectivity index (χ2v) is 15.8. The van der Waals surface area contributed by atoms with Crippen molar-refractivity contribution in [2.75, 3.05) is 10.6 Å². The van der Waals surface area contributed by atoms with Gasteiger partial charge in [-0.2, -0.15) is 0 Å². The molecule has 12 nitrogen and oxygen atoms in total. The zero-order chi connectivity index (χ0) is 41.5. The Hall–Kier alpha value is -4.46. The molecule has 0 atom stereocenters. The van der Waals surface area contributed by atoms with Gasteiger partial charge in [-0.1, -0.05) is 90.1 Å². The van der Waals surface area contributed by atoms with Gasteiger partial charge in [0.25, 0.3) is 0 Å². The van der Waals surface area contributed by atoms with Crippen LogP contribution in [-0.2, 0) is 52.0 Å². The van der Waals surface area contributed by atoms with E-state index in [9.17, 15) is 19.8 Å². The van der Waals surface area contributed by atoms with Gasteiger partial charge >= 0.3 is 64.6 Å². The minimum absolute atomic E-state index is 0.0937. The van der Waals surface area contributed by atoms with Crippen LogP contribution in [0.3, 0.4) is 0 Å². The first-order chi connectivity index (χ1) is 26.5. The molecule has 0 aliphatic heterocycles. The summed E-state index contributed by atoms with van der Waals surface area (Å²) in [7, 11) is 0. The molecule has 0 fully saturated rings. The molecule has 0 bridgehead atoms. The molecule has 290 valence electrons. The molecule has 0 radical (unpaired) electrons. The standard InChI is InChI=1S/C42H44N2O6.4O.2U/c1-41(2,3)31-17-19-35(45)33(21-31)43-23-29-9-7-11-37(39(29)47)49-25-27-13-15-28(16-14-27)26-50-38-12-8-10-30(40(38)48)24-44-34-22-32(42(4,5)6)18-20-36(34)46;;;;;;/h7-24,43-46H,25-26H2,1-6H3;;;;;;/b29-23-,30-24-;;;;;;. The number of ether oxygens (including phenoxy) is 2. The van der Waals surface area contributed by atoms with E-state index in [1.165, 1.54) is 0 Å². The monoisotopic (exact) mass is 1210 g/mol. The molecule has 14 heteroatoms. The Bertz CT molecular complexity index is 2020. The molecular weight excluding hydrogens is 1170 g/mol. The Morgan fingerprint density at radius 1 is 0.589 bits per heavy atom. The average molecular weight is 1210 g/mol. The molecule has 56 heavy (non-hydrogen) atoms. The van der Waals surface area contributed by atoms with Gasteiger partial charge in [0.15, 0.2) is 11.5 Å². The van der Waals surface area contributed by atoms with E-state index in [0.29, 0.717) is 22.5 Å². The number of phenolic OH excluding ortho intramolecular Hbond substituents is 2. The van der Waals surface area contributed by atoms with E-state index in [-0.39, 0.29) is 58.6 Å². The zero-order valence-electron chi connectivity index (χ0n) is 32.0. The van der Waals surface area contributed by atoms with Crippen LogP contribution in [0.4, 0.5) is 11.4 Å². The Kier molecular flexibility index (Phi) is 17.8. The second kappa shape index (κ2) is 21.7. The van der Waals surface area contributed by atoms with Gasteiger partial charge in [0.05, 0.1) is 11.4 Å². The number of phenols is 2. The number of Topliss-reactive ketones (excluding diaryl/α,β-unsaturated/α-hetero) is 2. The third-order valence-corrected chi connectivity index (χ3v) is 8.32. The van der Waals surface area contributed by atoms with Crippen LogP contribution in [0.25, 0.3) is 0 Å². The normalized spacial score (nSPS) is 14.9. The summed E-state index contributed by atoms with van der Waals surface area (Å²) in [6.07, 6.45) is 13.3. The van der Waals surface area contributed by atoms with Gasteiger partial charge < -0.3 is 30.3 Å². The van der Waals surface area contributed by atoms with E-state index in [2.05, 4.69) is 52.2 Å². The molecule has 0 amide bonds. The first-order valence-electron chi connectivity index (χ1n) is 17.3. The van der Waals surface area contributed by atoms with E-state index in [1.807, 2.05) is 48.5 Å². The molecule has 3 aromatic carbocycles. The number of nitrogens with one attached hydrogen (secondary N) is 2. The van der Waals surface area contributed by atoms with E-state index in [0.717, 1.165) is 22.3 Å². The van der Waals surface area contributed by atoms with Gasteiger partial charge in [0, 0.05) is 23.5 Å². The van der Waals surface area contributed by atoms with Crippen LogP contribution in [0, 0.1) is 55.6 Å². The van der Waals surface area contributed by atoms with E-state index in [1.54, 1.807) is 61.0 Å². The number of benzene rings is 3. The number of hydrogen-bond donors (Lipinski definition) is 4. The van der Waals surface area contributed by atoms with Crippen molar-refractivity contribution < 1.29 is 93.9 Å². The van der Waals surface area contributed by atoms with Crippen molar-refractivity contribution in [1.29, 1.82) is 0 Å². The quantitative estimate of drug-likeness (QED) is 0.113. The van der Waals surface area contributed by atoms with Crippen LogP contribution in [0.15, 0.2) is 132 Å². The van der Waals surface area contributed by atoms with Gasteiger partial charge in [0.2, 0.25) is 11.6 Å². The molecular formula is C42H44N2O10U2. The van der Waals surface area contributed by atoms with Gasteiger partial charge in [-0.3, -0.25) is 9.59 Å². The molecule has 0 saturated carbocycles. The molecule has 4 N–H and O–H groups in total. The molecule has 3 aromatic rings. The number of aromatic hydroxyl groups is 2. The van der Waals surface area contributed by atoms with Crippen LogP contribution in [0.2, 0.25) is 0 Å². The van der Waals surface area contributed by atoms with Crippen LogP contribution in [0.1, 0.15) is 63.8 Å². The molecule has 0 aromatic heterocycles. The SMILES string of the molecule is CC(C)(C)c1ccc(O)c(N/C=C2/C=CC=C(OCc3ccc(COC4=CC=C/C(=C/Nc5cc(C(C)(C)C)ccc5O)C4=O)cc3)C2=O)c1.[O]=[U]=[O].[O]=[U]=[O]. The Labute approximate surface area is 356 Å². The third-order valence-electron chi connectivity index (χ3n) is 8.32. The van der Waals surface area contributed by atoms with Crippen molar-refractivity contribution in [3.05, 3.63) is 154 Å². The van der Waals surface area contributed by atoms with Crippen LogP contribution < -0.4 is 10.6 Å². The number of carbonyl (C=O) groups is 2. The summed E-state index contributed by atoms with van der Waals surface area (Å²) in [5, 5.41) is 26.8. The summed E-state index contributed by atoms with van der Waals surface area (Å²) in [5.74, 6) is 0.0795.